The van der Waals surface area contributed by atoms with Crippen molar-refractivity contribution in [2.24, 2.45) is 0 Å². The summed E-state index contributed by atoms with van der Waals surface area (Å²) in [7, 11) is 0. The summed E-state index contributed by atoms with van der Waals surface area (Å²) in [5, 5.41) is 3.38. The van der Waals surface area contributed by atoms with Crippen LogP contribution in [0.4, 0.5) is 5.82 Å². The van der Waals surface area contributed by atoms with Crippen LogP contribution in [0.25, 0.3) is 11.2 Å². The van der Waals surface area contributed by atoms with Gasteiger partial charge in [0, 0.05) is 12.6 Å². The average Bonchev–Trinajstić information content (AvgIpc) is 3.22. The zero-order valence-electron chi connectivity index (χ0n) is 13.3. The maximum atomic E-state index is 4.55. The Kier molecular flexibility index (Phi) is 6.40. The second kappa shape index (κ2) is 8.31. The van der Waals surface area contributed by atoms with Gasteiger partial charge < -0.3 is 9.88 Å². The van der Waals surface area contributed by atoms with Gasteiger partial charge in [0.2, 0.25) is 0 Å². The number of aromatic nitrogens is 4. The van der Waals surface area contributed by atoms with Crippen LogP contribution in [0.1, 0.15) is 37.3 Å². The molecule has 1 aliphatic carbocycles. The molecule has 3 aromatic rings. The number of fused-ring (bicyclic) bond motifs is 1. The lowest BCUT2D eigenvalue weighted by molar-refractivity contribution is 0.529. The van der Waals surface area contributed by atoms with Gasteiger partial charge in [-0.25, -0.2) is 15.0 Å². The fourth-order valence-corrected chi connectivity index (χ4v) is 3.21. The van der Waals surface area contributed by atoms with E-state index in [4.69, 9.17) is 0 Å². The molecule has 1 aromatic carbocycles. The first kappa shape index (κ1) is 18.5. The number of nitrogens with zero attached hydrogens (tertiary/aromatic N) is 4. The normalized spacial score (nSPS) is 14.2. The average molecular weight is 366 g/mol. The predicted octanol–water partition coefficient (Wildman–Crippen LogP) is 4.40. The molecule has 7 heteroatoms. The quantitative estimate of drug-likeness (QED) is 0.744. The van der Waals surface area contributed by atoms with Gasteiger partial charge >= 0.3 is 0 Å². The molecule has 0 radical (unpaired) electrons. The molecule has 1 aliphatic rings. The Balaban J connectivity index is 0.00000104. The number of imidazole rings is 1. The first-order valence-electron chi connectivity index (χ1n) is 7.87. The van der Waals surface area contributed by atoms with Gasteiger partial charge in [-0.05, 0) is 18.4 Å². The molecule has 2 heterocycles. The van der Waals surface area contributed by atoms with Crippen molar-refractivity contribution >= 4 is 41.8 Å². The van der Waals surface area contributed by atoms with Crippen molar-refractivity contribution in [1.82, 2.24) is 19.5 Å². The molecule has 0 saturated heterocycles. The Bertz CT molecular complexity index is 769. The van der Waals surface area contributed by atoms with E-state index in [0.717, 1.165) is 23.5 Å². The van der Waals surface area contributed by atoms with E-state index in [1.807, 2.05) is 24.5 Å². The molecule has 4 rings (SSSR count). The first-order valence-corrected chi connectivity index (χ1v) is 7.87. The number of halogens is 2. The molecule has 1 N–H and O–H groups in total. The number of hydrogen-bond donors (Lipinski definition) is 1. The van der Waals surface area contributed by atoms with E-state index in [2.05, 4.69) is 37.0 Å². The Morgan fingerprint density at radius 3 is 2.50 bits per heavy atom. The van der Waals surface area contributed by atoms with Crippen LogP contribution >= 0.6 is 24.8 Å². The predicted molar refractivity (Wildman–Crippen MR) is 101 cm³/mol. The van der Waals surface area contributed by atoms with E-state index < -0.39 is 0 Å². The zero-order chi connectivity index (χ0) is 14.8. The van der Waals surface area contributed by atoms with Crippen molar-refractivity contribution in [2.75, 3.05) is 5.32 Å². The van der Waals surface area contributed by atoms with Crippen LogP contribution in [-0.4, -0.2) is 19.5 Å². The van der Waals surface area contributed by atoms with Crippen LogP contribution in [0.3, 0.4) is 0 Å². The Labute approximate surface area is 153 Å². The standard InChI is InChI=1S/C17H19N5.2ClH/c1-2-6-13(7-3-1)10-18-16-15-17(20-11-19-16)22(12-21-15)14-8-4-5-9-14;;/h1-3,6-7,11-12,14H,4-5,8-10H2,(H,18,19,20);2*1H. The van der Waals surface area contributed by atoms with Crippen LogP contribution in [0.2, 0.25) is 0 Å². The minimum atomic E-state index is 0. The molecule has 128 valence electrons. The molecule has 1 saturated carbocycles. The highest BCUT2D eigenvalue weighted by Gasteiger charge is 2.20. The second-order valence-corrected chi connectivity index (χ2v) is 5.82. The highest BCUT2D eigenvalue weighted by atomic mass is 35.5. The summed E-state index contributed by atoms with van der Waals surface area (Å²) in [6.07, 6.45) is 8.60. The van der Waals surface area contributed by atoms with Crippen molar-refractivity contribution in [3.63, 3.8) is 0 Å². The van der Waals surface area contributed by atoms with E-state index in [0.29, 0.717) is 6.04 Å². The third-order valence-electron chi connectivity index (χ3n) is 4.38. The van der Waals surface area contributed by atoms with Gasteiger partial charge in [0.05, 0.1) is 6.33 Å². The molecule has 2 aromatic heterocycles. The third kappa shape index (κ3) is 3.62. The van der Waals surface area contributed by atoms with Gasteiger partial charge in [-0.1, -0.05) is 43.2 Å². The van der Waals surface area contributed by atoms with Crippen LogP contribution < -0.4 is 5.32 Å². The van der Waals surface area contributed by atoms with Gasteiger partial charge in [0.25, 0.3) is 0 Å². The summed E-state index contributed by atoms with van der Waals surface area (Å²) in [4.78, 5) is 13.4. The van der Waals surface area contributed by atoms with Gasteiger partial charge in [-0.2, -0.15) is 0 Å². The van der Waals surface area contributed by atoms with Crippen LogP contribution in [-0.2, 0) is 6.54 Å². The molecule has 0 unspecified atom stereocenters. The lowest BCUT2D eigenvalue weighted by Gasteiger charge is -2.11. The summed E-state index contributed by atoms with van der Waals surface area (Å²) in [6.45, 7) is 0.739. The minimum absolute atomic E-state index is 0. The fourth-order valence-electron chi connectivity index (χ4n) is 3.21. The molecule has 0 atom stereocenters. The van der Waals surface area contributed by atoms with Gasteiger partial charge in [-0.3, -0.25) is 0 Å². The highest BCUT2D eigenvalue weighted by Crippen LogP contribution is 2.32. The molecular formula is C17H21Cl2N5. The van der Waals surface area contributed by atoms with E-state index >= 15 is 0 Å². The van der Waals surface area contributed by atoms with E-state index in [1.54, 1.807) is 6.33 Å². The van der Waals surface area contributed by atoms with Crippen molar-refractivity contribution in [3.8, 4) is 0 Å². The Morgan fingerprint density at radius 1 is 1.00 bits per heavy atom. The summed E-state index contributed by atoms with van der Waals surface area (Å²) in [5.74, 6) is 0.811. The highest BCUT2D eigenvalue weighted by molar-refractivity contribution is 5.85. The SMILES string of the molecule is Cl.Cl.c1ccc(CNc2ncnc3c2ncn3C2CCCC2)cc1. The largest absolute Gasteiger partial charge is 0.364 e. The lowest BCUT2D eigenvalue weighted by Crippen LogP contribution is -2.05. The summed E-state index contributed by atoms with van der Waals surface area (Å²) >= 11 is 0. The Morgan fingerprint density at radius 2 is 1.75 bits per heavy atom. The summed E-state index contributed by atoms with van der Waals surface area (Å²) in [6, 6.07) is 10.9. The number of anilines is 1. The Hall–Kier alpha value is -1.85. The monoisotopic (exact) mass is 365 g/mol. The number of nitrogens with one attached hydrogen (secondary N) is 1. The second-order valence-electron chi connectivity index (χ2n) is 5.82. The molecule has 1 fully saturated rings. The number of rotatable bonds is 4. The maximum Gasteiger partial charge on any atom is 0.165 e. The van der Waals surface area contributed by atoms with Gasteiger partial charge in [0.1, 0.15) is 11.8 Å². The number of benzene rings is 1. The minimum Gasteiger partial charge on any atom is -0.364 e. The van der Waals surface area contributed by atoms with Crippen LogP contribution in [0.5, 0.6) is 0 Å². The number of hydrogen-bond acceptors (Lipinski definition) is 4. The third-order valence-corrected chi connectivity index (χ3v) is 4.38. The molecule has 0 amide bonds. The molecule has 0 aliphatic heterocycles. The summed E-state index contributed by atoms with van der Waals surface area (Å²) in [5.41, 5.74) is 3.03. The van der Waals surface area contributed by atoms with Crippen LogP contribution in [0.15, 0.2) is 43.0 Å². The van der Waals surface area contributed by atoms with Crippen molar-refractivity contribution in [1.29, 1.82) is 0 Å². The molecule has 0 spiro atoms. The molecule has 24 heavy (non-hydrogen) atoms. The molecule has 0 bridgehead atoms. The lowest BCUT2D eigenvalue weighted by atomic mass is 10.2. The van der Waals surface area contributed by atoms with Crippen molar-refractivity contribution in [3.05, 3.63) is 48.5 Å². The van der Waals surface area contributed by atoms with Crippen LogP contribution in [0, 0.1) is 0 Å². The zero-order valence-corrected chi connectivity index (χ0v) is 14.9. The smallest absolute Gasteiger partial charge is 0.165 e. The molecular weight excluding hydrogens is 345 g/mol. The van der Waals surface area contributed by atoms with E-state index in [-0.39, 0.29) is 24.8 Å². The van der Waals surface area contributed by atoms with Crippen molar-refractivity contribution < 1.29 is 0 Å². The van der Waals surface area contributed by atoms with Gasteiger partial charge in [0.15, 0.2) is 11.5 Å². The van der Waals surface area contributed by atoms with Crippen molar-refractivity contribution in [2.45, 2.75) is 38.3 Å². The van der Waals surface area contributed by atoms with E-state index in [9.17, 15) is 0 Å². The first-order chi connectivity index (χ1) is 10.9. The topological polar surface area (TPSA) is 55.6 Å². The van der Waals surface area contributed by atoms with E-state index in [1.165, 1.54) is 31.2 Å². The maximum absolute atomic E-state index is 4.55. The molecule has 5 nitrogen and oxygen atoms in total. The summed E-state index contributed by atoms with van der Waals surface area (Å²) < 4.78 is 2.22. The fraction of sp³-hybridized carbons (Fsp3) is 0.353. The van der Waals surface area contributed by atoms with Gasteiger partial charge in [-0.15, -0.1) is 24.8 Å².